The van der Waals surface area contributed by atoms with Crippen LogP contribution >= 0.6 is 11.6 Å². The molecule has 1 aliphatic rings. The second kappa shape index (κ2) is 5.76. The van der Waals surface area contributed by atoms with Gasteiger partial charge in [-0.05, 0) is 24.1 Å². The average molecular weight is 306 g/mol. The molecule has 7 heteroatoms. The van der Waals surface area contributed by atoms with Gasteiger partial charge in [0.15, 0.2) is 0 Å². The third kappa shape index (κ3) is 3.09. The zero-order valence-corrected chi connectivity index (χ0v) is 11.8. The molecule has 1 heterocycles. The molecule has 2 rings (SSSR count). The van der Waals surface area contributed by atoms with Crippen LogP contribution in [-0.2, 0) is 16.4 Å². The van der Waals surface area contributed by atoms with E-state index in [-0.39, 0.29) is 18.0 Å². The molecule has 106 valence electrons. The van der Waals surface area contributed by atoms with Crippen molar-refractivity contribution < 1.29 is 18.6 Å². The van der Waals surface area contributed by atoms with Crippen LogP contribution in [0.25, 0.3) is 0 Å². The van der Waals surface area contributed by atoms with Crippen LogP contribution in [0.1, 0.15) is 5.56 Å². The summed E-state index contributed by atoms with van der Waals surface area (Å²) in [7, 11) is -3.66. The summed E-state index contributed by atoms with van der Waals surface area (Å²) in [4.78, 5) is 0.159. The van der Waals surface area contributed by atoms with Gasteiger partial charge in [-0.25, -0.2) is 8.42 Å². The fraction of sp³-hybridized carbons (Fsp3) is 0.500. The molecule has 0 aromatic heterocycles. The molecule has 0 radical (unpaired) electrons. The third-order valence-electron chi connectivity index (χ3n) is 3.17. The summed E-state index contributed by atoms with van der Waals surface area (Å²) in [6.45, 7) is -0.153. The largest absolute Gasteiger partial charge is 0.389 e. The van der Waals surface area contributed by atoms with Crippen LogP contribution in [0.15, 0.2) is 29.2 Å². The zero-order chi connectivity index (χ0) is 14.0. The third-order valence-corrected chi connectivity index (χ3v) is 5.20. The van der Waals surface area contributed by atoms with Crippen LogP contribution < -0.4 is 0 Å². The van der Waals surface area contributed by atoms with Crippen molar-refractivity contribution in [2.45, 2.75) is 23.5 Å². The second-order valence-electron chi connectivity index (χ2n) is 4.54. The molecule has 1 aromatic rings. The van der Waals surface area contributed by atoms with Crippen LogP contribution in [0, 0.1) is 0 Å². The van der Waals surface area contributed by atoms with Crippen molar-refractivity contribution in [1.29, 1.82) is 0 Å². The molecule has 0 saturated carbocycles. The SMILES string of the molecule is O=S(=O)(c1ccc(CCCl)cc1)N1C[C@@H](O)[C@@H](O)C1. The summed E-state index contributed by atoms with van der Waals surface area (Å²) in [5, 5.41) is 18.8. The predicted molar refractivity (Wildman–Crippen MR) is 71.6 cm³/mol. The highest BCUT2D eigenvalue weighted by Gasteiger charge is 2.37. The van der Waals surface area contributed by atoms with Crippen molar-refractivity contribution >= 4 is 21.6 Å². The highest BCUT2D eigenvalue weighted by atomic mass is 35.5. The maximum atomic E-state index is 12.3. The summed E-state index contributed by atoms with van der Waals surface area (Å²) in [6.07, 6.45) is -1.36. The molecule has 2 N–H and O–H groups in total. The standard InChI is InChI=1S/C12H16ClNO4S/c13-6-5-9-1-3-10(4-2-9)19(17,18)14-7-11(15)12(16)8-14/h1-4,11-12,15-16H,5-8H2/t11-,12+. The number of hydrogen-bond acceptors (Lipinski definition) is 4. The first-order valence-corrected chi connectivity index (χ1v) is 7.94. The van der Waals surface area contributed by atoms with Crippen molar-refractivity contribution in [3.8, 4) is 0 Å². The highest BCUT2D eigenvalue weighted by molar-refractivity contribution is 7.89. The predicted octanol–water partition coefficient (Wildman–Crippen LogP) is 0.194. The molecule has 0 amide bonds. The summed E-state index contributed by atoms with van der Waals surface area (Å²) >= 11 is 5.62. The van der Waals surface area contributed by atoms with Crippen LogP contribution in [-0.4, -0.2) is 54.1 Å². The molecule has 0 bridgehead atoms. The minimum absolute atomic E-state index is 0.0765. The van der Waals surface area contributed by atoms with Gasteiger partial charge in [0.1, 0.15) is 0 Å². The van der Waals surface area contributed by atoms with Gasteiger partial charge in [-0.2, -0.15) is 4.31 Å². The van der Waals surface area contributed by atoms with E-state index in [9.17, 15) is 18.6 Å². The second-order valence-corrected chi connectivity index (χ2v) is 6.86. The van der Waals surface area contributed by atoms with Gasteiger partial charge in [-0.15, -0.1) is 11.6 Å². The Balaban J connectivity index is 2.20. The molecule has 0 spiro atoms. The Morgan fingerprint density at radius 3 is 2.16 bits per heavy atom. The number of benzene rings is 1. The van der Waals surface area contributed by atoms with E-state index in [1.54, 1.807) is 12.1 Å². The van der Waals surface area contributed by atoms with Crippen LogP contribution in [0.5, 0.6) is 0 Å². The number of aliphatic hydroxyl groups excluding tert-OH is 2. The molecule has 1 fully saturated rings. The van der Waals surface area contributed by atoms with Crippen LogP contribution in [0.4, 0.5) is 0 Å². The van der Waals surface area contributed by atoms with Crippen molar-refractivity contribution in [1.82, 2.24) is 4.31 Å². The number of β-amino-alcohol motifs (C(OH)–C–C–N with tert-alkyl or cyclic N) is 2. The van der Waals surface area contributed by atoms with E-state index in [0.717, 1.165) is 9.87 Å². The molecule has 1 saturated heterocycles. The Hall–Kier alpha value is -0.660. The average Bonchev–Trinajstić information content (AvgIpc) is 2.71. The number of halogens is 1. The highest BCUT2D eigenvalue weighted by Crippen LogP contribution is 2.21. The zero-order valence-electron chi connectivity index (χ0n) is 10.2. The quantitative estimate of drug-likeness (QED) is 0.779. The van der Waals surface area contributed by atoms with Crippen LogP contribution in [0.3, 0.4) is 0 Å². The van der Waals surface area contributed by atoms with E-state index >= 15 is 0 Å². The van der Waals surface area contributed by atoms with Gasteiger partial charge in [0, 0.05) is 19.0 Å². The summed E-state index contributed by atoms with van der Waals surface area (Å²) in [5.41, 5.74) is 0.968. The molecule has 5 nitrogen and oxygen atoms in total. The number of rotatable bonds is 4. The molecule has 0 unspecified atom stereocenters. The molecular formula is C12H16ClNO4S. The van der Waals surface area contributed by atoms with E-state index in [4.69, 9.17) is 11.6 Å². The number of nitrogens with zero attached hydrogens (tertiary/aromatic N) is 1. The van der Waals surface area contributed by atoms with Crippen molar-refractivity contribution in [3.05, 3.63) is 29.8 Å². The Morgan fingerprint density at radius 1 is 1.16 bits per heavy atom. The van der Waals surface area contributed by atoms with E-state index in [0.29, 0.717) is 12.3 Å². The Labute approximate surface area is 117 Å². The normalized spacial score (nSPS) is 24.8. The van der Waals surface area contributed by atoms with Gasteiger partial charge in [0.25, 0.3) is 0 Å². The number of sulfonamides is 1. The first kappa shape index (κ1) is 14.7. The van der Waals surface area contributed by atoms with Gasteiger partial charge in [0.2, 0.25) is 10.0 Å². The number of hydrogen-bond donors (Lipinski definition) is 2. The monoisotopic (exact) mass is 305 g/mol. The number of aliphatic hydroxyl groups is 2. The first-order chi connectivity index (χ1) is 8.95. The van der Waals surface area contributed by atoms with Crippen molar-refractivity contribution in [2.75, 3.05) is 19.0 Å². The van der Waals surface area contributed by atoms with Gasteiger partial charge in [-0.3, -0.25) is 0 Å². The summed E-state index contributed by atoms with van der Waals surface area (Å²) < 4.78 is 25.6. The lowest BCUT2D eigenvalue weighted by atomic mass is 10.2. The van der Waals surface area contributed by atoms with Gasteiger partial charge in [0.05, 0.1) is 17.1 Å². The minimum Gasteiger partial charge on any atom is -0.389 e. The molecular weight excluding hydrogens is 290 g/mol. The van der Waals surface area contributed by atoms with Crippen molar-refractivity contribution in [2.24, 2.45) is 0 Å². The maximum Gasteiger partial charge on any atom is 0.243 e. The summed E-state index contributed by atoms with van der Waals surface area (Å²) in [6, 6.07) is 6.49. The molecule has 0 aliphatic carbocycles. The van der Waals surface area contributed by atoms with E-state index in [1.165, 1.54) is 12.1 Å². The first-order valence-electron chi connectivity index (χ1n) is 5.96. The minimum atomic E-state index is -3.66. The number of aryl methyl sites for hydroxylation is 1. The van der Waals surface area contributed by atoms with Crippen LogP contribution in [0.2, 0.25) is 0 Å². The fourth-order valence-corrected chi connectivity index (χ4v) is 3.71. The fourth-order valence-electron chi connectivity index (χ4n) is 2.02. The molecule has 2 atom stereocenters. The van der Waals surface area contributed by atoms with E-state index < -0.39 is 22.2 Å². The van der Waals surface area contributed by atoms with E-state index in [1.807, 2.05) is 0 Å². The Bertz CT molecular complexity index is 521. The molecule has 19 heavy (non-hydrogen) atoms. The number of alkyl halides is 1. The smallest absolute Gasteiger partial charge is 0.243 e. The van der Waals surface area contributed by atoms with Gasteiger partial charge in [-0.1, -0.05) is 12.1 Å². The summed E-state index contributed by atoms with van der Waals surface area (Å²) in [5.74, 6) is 0.483. The van der Waals surface area contributed by atoms with Gasteiger partial charge < -0.3 is 10.2 Å². The molecule has 1 aliphatic heterocycles. The lowest BCUT2D eigenvalue weighted by Gasteiger charge is -2.15. The van der Waals surface area contributed by atoms with Gasteiger partial charge >= 0.3 is 0 Å². The van der Waals surface area contributed by atoms with Crippen molar-refractivity contribution in [3.63, 3.8) is 0 Å². The lowest BCUT2D eigenvalue weighted by Crippen LogP contribution is -2.29. The molecule has 1 aromatic carbocycles. The Kier molecular flexibility index (Phi) is 4.47. The lowest BCUT2D eigenvalue weighted by molar-refractivity contribution is 0.0572. The topological polar surface area (TPSA) is 77.8 Å². The van der Waals surface area contributed by atoms with E-state index in [2.05, 4.69) is 0 Å². The Morgan fingerprint density at radius 2 is 1.68 bits per heavy atom. The maximum absolute atomic E-state index is 12.3.